The van der Waals surface area contributed by atoms with E-state index >= 15 is 0 Å². The van der Waals surface area contributed by atoms with Crippen molar-refractivity contribution in [3.63, 3.8) is 0 Å². The van der Waals surface area contributed by atoms with Gasteiger partial charge in [-0.3, -0.25) is 9.59 Å². The Morgan fingerprint density at radius 2 is 1.74 bits per heavy atom. The fourth-order valence-electron chi connectivity index (χ4n) is 6.16. The van der Waals surface area contributed by atoms with Gasteiger partial charge in [0.05, 0.1) is 12.5 Å². The van der Waals surface area contributed by atoms with Crippen LogP contribution in [0.5, 0.6) is 5.88 Å². The Bertz CT molecular complexity index is 1020. The maximum atomic E-state index is 13.4. The maximum absolute atomic E-state index is 13.4. The van der Waals surface area contributed by atoms with Crippen LogP contribution in [0.4, 0.5) is 0 Å². The summed E-state index contributed by atoms with van der Waals surface area (Å²) >= 11 is 1.37. The molecule has 1 N–H and O–H groups in total. The van der Waals surface area contributed by atoms with Gasteiger partial charge in [0.1, 0.15) is 11.5 Å². The molecule has 4 aliphatic carbocycles. The minimum absolute atomic E-state index is 0.0468. The summed E-state index contributed by atoms with van der Waals surface area (Å²) in [5, 5.41) is 7.38. The molecule has 182 valence electrons. The highest BCUT2D eigenvalue weighted by atomic mass is 32.2. The molecule has 4 bridgehead atoms. The van der Waals surface area contributed by atoms with Gasteiger partial charge in [0.2, 0.25) is 5.76 Å². The van der Waals surface area contributed by atoms with Gasteiger partial charge in [-0.05, 0) is 86.9 Å². The van der Waals surface area contributed by atoms with Crippen molar-refractivity contribution < 1.29 is 23.6 Å². The molecule has 34 heavy (non-hydrogen) atoms. The summed E-state index contributed by atoms with van der Waals surface area (Å²) in [6, 6.07) is 9.92. The number of carbonyl (C=O) groups is 2. The van der Waals surface area contributed by atoms with E-state index in [0.717, 1.165) is 16.7 Å². The van der Waals surface area contributed by atoms with E-state index < -0.39 is 5.41 Å². The van der Waals surface area contributed by atoms with Crippen LogP contribution in [0.15, 0.2) is 44.6 Å². The molecule has 0 saturated heterocycles. The molecule has 8 heteroatoms. The molecule has 1 amide bonds. The van der Waals surface area contributed by atoms with Crippen LogP contribution < -0.4 is 10.1 Å². The lowest BCUT2D eigenvalue weighted by Gasteiger charge is -2.54. The Balaban J connectivity index is 1.36. The van der Waals surface area contributed by atoms with Crippen molar-refractivity contribution in [2.24, 2.45) is 29.1 Å². The predicted molar refractivity (Wildman–Crippen MR) is 127 cm³/mol. The molecule has 6 rings (SSSR count). The highest BCUT2D eigenvalue weighted by Gasteiger charge is 2.49. The minimum Gasteiger partial charge on any atom is -0.473 e. The van der Waals surface area contributed by atoms with Crippen LogP contribution in [0.2, 0.25) is 0 Å². The lowest BCUT2D eigenvalue weighted by atomic mass is 9.54. The molecule has 0 unspecified atom stereocenters. The molecular weight excluding hydrogens is 452 g/mol. The number of nitrogens with one attached hydrogen (secondary N) is 1. The molecule has 1 aromatic heterocycles. The zero-order chi connectivity index (χ0) is 23.9. The Kier molecular flexibility index (Phi) is 6.35. The summed E-state index contributed by atoms with van der Waals surface area (Å²) in [5.74, 6) is 2.54. The van der Waals surface area contributed by atoms with Crippen molar-refractivity contribution >= 4 is 23.6 Å². The second kappa shape index (κ2) is 9.29. The Labute approximate surface area is 204 Å². The third kappa shape index (κ3) is 4.57. The zero-order valence-corrected chi connectivity index (χ0v) is 20.7. The van der Waals surface area contributed by atoms with Crippen LogP contribution in [-0.4, -0.2) is 36.8 Å². The molecule has 4 aliphatic rings. The molecule has 0 atom stereocenters. The number of benzene rings is 1. The summed E-state index contributed by atoms with van der Waals surface area (Å²) in [6.45, 7) is 3.52. The number of esters is 1. The summed E-state index contributed by atoms with van der Waals surface area (Å²) in [4.78, 5) is 27.0. The molecule has 1 heterocycles. The highest BCUT2D eigenvalue weighted by molar-refractivity contribution is 7.99. The van der Waals surface area contributed by atoms with E-state index in [4.69, 9.17) is 14.0 Å². The summed E-state index contributed by atoms with van der Waals surface area (Å²) in [6.07, 6.45) is 6.25. The highest BCUT2D eigenvalue weighted by Crippen LogP contribution is 2.53. The topological polar surface area (TPSA) is 90.7 Å². The van der Waals surface area contributed by atoms with Crippen molar-refractivity contribution in [2.75, 3.05) is 13.7 Å². The number of ether oxygens (including phenoxy) is 2. The fourth-order valence-corrected chi connectivity index (χ4v) is 7.10. The van der Waals surface area contributed by atoms with Crippen LogP contribution in [0, 0.1) is 29.1 Å². The molecule has 4 saturated carbocycles. The molecule has 2 aromatic rings. The van der Waals surface area contributed by atoms with Gasteiger partial charge < -0.3 is 19.3 Å². The van der Waals surface area contributed by atoms with Gasteiger partial charge in [-0.2, -0.15) is 0 Å². The van der Waals surface area contributed by atoms with Gasteiger partial charge in [0.15, 0.2) is 0 Å². The largest absolute Gasteiger partial charge is 0.473 e. The van der Waals surface area contributed by atoms with E-state index in [1.54, 1.807) is 13.8 Å². The number of amides is 1. The average molecular weight is 485 g/mol. The third-order valence-corrected chi connectivity index (χ3v) is 8.69. The molecule has 4 fully saturated rings. The van der Waals surface area contributed by atoms with Crippen molar-refractivity contribution in [1.82, 2.24) is 10.5 Å². The monoisotopic (exact) mass is 484 g/mol. The lowest BCUT2D eigenvalue weighted by Crippen LogP contribution is -2.55. The number of methoxy groups -OCH3 is 1. The van der Waals surface area contributed by atoms with Gasteiger partial charge in [-0.25, -0.2) is 0 Å². The Morgan fingerprint density at radius 1 is 1.09 bits per heavy atom. The molecule has 1 aromatic carbocycles. The first-order chi connectivity index (χ1) is 16.3. The van der Waals surface area contributed by atoms with Crippen LogP contribution >= 0.6 is 11.8 Å². The number of aromatic nitrogens is 1. The Hall–Kier alpha value is -2.48. The number of nitrogens with zero attached hydrogens (tertiary/aromatic N) is 1. The van der Waals surface area contributed by atoms with Crippen molar-refractivity contribution in [3.8, 4) is 5.88 Å². The van der Waals surface area contributed by atoms with E-state index in [-0.39, 0.29) is 36.2 Å². The smallest absolute Gasteiger partial charge is 0.314 e. The van der Waals surface area contributed by atoms with Crippen LogP contribution in [-0.2, 0) is 9.53 Å². The summed E-state index contributed by atoms with van der Waals surface area (Å²) in [7, 11) is 1.35. The van der Waals surface area contributed by atoms with Gasteiger partial charge in [0, 0.05) is 10.9 Å². The van der Waals surface area contributed by atoms with E-state index in [1.807, 2.05) is 30.3 Å². The first-order valence-corrected chi connectivity index (χ1v) is 12.9. The molecule has 0 radical (unpaired) electrons. The number of hydrogen-bond donors (Lipinski definition) is 1. The first kappa shape index (κ1) is 23.3. The van der Waals surface area contributed by atoms with Crippen molar-refractivity contribution in [3.05, 3.63) is 36.1 Å². The quantitative estimate of drug-likeness (QED) is 0.530. The lowest BCUT2D eigenvalue weighted by molar-refractivity contribution is -0.152. The van der Waals surface area contributed by atoms with E-state index in [9.17, 15) is 9.59 Å². The predicted octanol–water partition coefficient (Wildman–Crippen LogP) is 4.96. The SMILES string of the molecule is COC(=O)C(C)(C)COc1noc(C(=O)NC2C3CC4CC(C3)CC2C4)c1Sc1ccccc1. The molecule has 7 nitrogen and oxygen atoms in total. The second-order valence-electron chi connectivity index (χ2n) is 10.7. The van der Waals surface area contributed by atoms with E-state index in [0.29, 0.717) is 16.7 Å². The molecular formula is C26H32N2O5S. The molecule has 0 spiro atoms. The van der Waals surface area contributed by atoms with Crippen LogP contribution in [0.1, 0.15) is 56.5 Å². The van der Waals surface area contributed by atoms with E-state index in [2.05, 4.69) is 10.5 Å². The maximum Gasteiger partial charge on any atom is 0.314 e. The minimum atomic E-state index is -0.870. The third-order valence-electron chi connectivity index (χ3n) is 7.62. The van der Waals surface area contributed by atoms with Crippen LogP contribution in [0.25, 0.3) is 0 Å². The van der Waals surface area contributed by atoms with Gasteiger partial charge >= 0.3 is 5.97 Å². The van der Waals surface area contributed by atoms with Gasteiger partial charge in [-0.15, -0.1) is 0 Å². The summed E-state index contributed by atoms with van der Waals surface area (Å²) in [5.41, 5.74) is -0.870. The van der Waals surface area contributed by atoms with E-state index in [1.165, 1.54) is 51.0 Å². The number of hydrogen-bond acceptors (Lipinski definition) is 7. The number of carbonyl (C=O) groups excluding carboxylic acids is 2. The average Bonchev–Trinajstić information content (AvgIpc) is 3.22. The normalized spacial score (nSPS) is 27.4. The number of rotatable bonds is 8. The molecule has 0 aliphatic heterocycles. The fraction of sp³-hybridized carbons (Fsp3) is 0.577. The Morgan fingerprint density at radius 3 is 2.35 bits per heavy atom. The van der Waals surface area contributed by atoms with Crippen molar-refractivity contribution in [1.29, 1.82) is 0 Å². The van der Waals surface area contributed by atoms with Gasteiger partial charge in [0.25, 0.3) is 11.8 Å². The summed E-state index contributed by atoms with van der Waals surface area (Å²) < 4.78 is 16.3. The zero-order valence-electron chi connectivity index (χ0n) is 19.9. The second-order valence-corrected chi connectivity index (χ2v) is 11.7. The first-order valence-electron chi connectivity index (χ1n) is 12.1. The standard InChI is InChI=1S/C26H32N2O5S/c1-26(2,25(30)31-3)14-32-24-22(34-19-7-5-4-6-8-19)21(33-28-24)23(29)27-20-17-10-15-9-16(12-17)13-18(20)11-15/h4-8,15-18,20H,9-14H2,1-3H3,(H,27,29). The van der Waals surface area contributed by atoms with Crippen molar-refractivity contribution in [2.45, 2.75) is 61.8 Å². The van der Waals surface area contributed by atoms with Gasteiger partial charge in [-0.1, -0.05) is 30.0 Å². The van der Waals surface area contributed by atoms with Crippen LogP contribution in [0.3, 0.4) is 0 Å².